The summed E-state index contributed by atoms with van der Waals surface area (Å²) in [6.45, 7) is 2.72. The van der Waals surface area contributed by atoms with Gasteiger partial charge in [-0.15, -0.1) is 0 Å². The number of aromatic nitrogens is 1. The molecular weight excluding hydrogens is 242 g/mol. The van der Waals surface area contributed by atoms with Crippen molar-refractivity contribution in [1.29, 1.82) is 0 Å². The van der Waals surface area contributed by atoms with Crippen molar-refractivity contribution in [3.63, 3.8) is 0 Å². The number of rotatable bonds is 5. The fraction of sp³-hybridized carbons (Fsp3) is 0.200. The smallest absolute Gasteiger partial charge is 0.335 e. The molecule has 0 aliphatic carbocycles. The monoisotopic (exact) mass is 257 g/mol. The van der Waals surface area contributed by atoms with Crippen LogP contribution in [-0.2, 0) is 0 Å². The minimum Gasteiger partial charge on any atom is -0.492 e. The van der Waals surface area contributed by atoms with Crippen LogP contribution in [0.2, 0.25) is 0 Å². The van der Waals surface area contributed by atoms with Gasteiger partial charge in [-0.3, -0.25) is 4.98 Å². The van der Waals surface area contributed by atoms with Gasteiger partial charge in [0.15, 0.2) is 0 Å². The summed E-state index contributed by atoms with van der Waals surface area (Å²) >= 11 is 0. The first kappa shape index (κ1) is 13.1. The fourth-order valence-electron chi connectivity index (χ4n) is 1.64. The Kier molecular flexibility index (Phi) is 4.13. The first-order chi connectivity index (χ1) is 9.20. The van der Waals surface area contributed by atoms with E-state index in [4.69, 9.17) is 9.84 Å². The van der Waals surface area contributed by atoms with Gasteiger partial charge in [-0.1, -0.05) is 19.1 Å². The number of hydrogen-bond acceptors (Lipinski definition) is 3. The highest BCUT2D eigenvalue weighted by Gasteiger charge is 2.04. The quantitative estimate of drug-likeness (QED) is 0.893. The Balaban J connectivity index is 2.15. The summed E-state index contributed by atoms with van der Waals surface area (Å²) in [7, 11) is 0. The summed E-state index contributed by atoms with van der Waals surface area (Å²) in [5.41, 5.74) is 1.94. The molecule has 1 aromatic heterocycles. The van der Waals surface area contributed by atoms with Crippen LogP contribution in [0.1, 0.15) is 23.7 Å². The molecule has 0 unspecified atom stereocenters. The Labute approximate surface area is 111 Å². The van der Waals surface area contributed by atoms with Crippen LogP contribution in [0.15, 0.2) is 42.6 Å². The number of ether oxygens (including phenoxy) is 1. The van der Waals surface area contributed by atoms with Gasteiger partial charge < -0.3 is 9.84 Å². The molecule has 1 aromatic carbocycles. The molecule has 0 saturated heterocycles. The molecule has 0 radical (unpaired) electrons. The normalized spacial score (nSPS) is 10.2. The third-order valence-electron chi connectivity index (χ3n) is 2.64. The number of benzene rings is 1. The number of nitrogens with zero attached hydrogens (tertiary/aromatic N) is 1. The number of carboxylic acid groups (broad SMARTS) is 1. The number of pyridine rings is 1. The van der Waals surface area contributed by atoms with Gasteiger partial charge in [0.2, 0.25) is 0 Å². The molecule has 0 saturated carbocycles. The van der Waals surface area contributed by atoms with E-state index in [1.54, 1.807) is 30.5 Å². The van der Waals surface area contributed by atoms with Crippen molar-refractivity contribution in [2.45, 2.75) is 13.3 Å². The van der Waals surface area contributed by atoms with E-state index in [2.05, 4.69) is 4.98 Å². The molecule has 0 spiro atoms. The Morgan fingerprint density at radius 2 is 1.95 bits per heavy atom. The average molecular weight is 257 g/mol. The van der Waals surface area contributed by atoms with Gasteiger partial charge in [0, 0.05) is 5.56 Å². The Hall–Kier alpha value is -2.36. The van der Waals surface area contributed by atoms with Gasteiger partial charge in [0.05, 0.1) is 24.1 Å². The van der Waals surface area contributed by atoms with Crippen LogP contribution in [-0.4, -0.2) is 22.7 Å². The lowest BCUT2D eigenvalue weighted by atomic mass is 10.1. The van der Waals surface area contributed by atoms with E-state index in [-0.39, 0.29) is 5.56 Å². The molecule has 0 bridgehead atoms. The molecule has 1 heterocycles. The molecule has 0 atom stereocenters. The fourth-order valence-corrected chi connectivity index (χ4v) is 1.64. The molecule has 1 N–H and O–H groups in total. The highest BCUT2D eigenvalue weighted by atomic mass is 16.5. The molecule has 0 aliphatic heterocycles. The number of hydrogen-bond donors (Lipinski definition) is 1. The second kappa shape index (κ2) is 6.00. The van der Waals surface area contributed by atoms with Gasteiger partial charge in [-0.2, -0.15) is 0 Å². The summed E-state index contributed by atoms with van der Waals surface area (Å²) in [5.74, 6) is -0.185. The van der Waals surface area contributed by atoms with Crippen LogP contribution >= 0.6 is 0 Å². The second-order valence-corrected chi connectivity index (χ2v) is 4.11. The predicted molar refractivity (Wildman–Crippen MR) is 72.4 cm³/mol. The van der Waals surface area contributed by atoms with Gasteiger partial charge in [0.25, 0.3) is 0 Å². The van der Waals surface area contributed by atoms with Crippen LogP contribution in [0.4, 0.5) is 0 Å². The van der Waals surface area contributed by atoms with Crippen LogP contribution in [0.25, 0.3) is 11.3 Å². The topological polar surface area (TPSA) is 59.4 Å². The molecule has 2 rings (SSSR count). The van der Waals surface area contributed by atoms with Gasteiger partial charge >= 0.3 is 5.97 Å². The molecule has 4 heteroatoms. The Morgan fingerprint density at radius 3 is 2.47 bits per heavy atom. The van der Waals surface area contributed by atoms with E-state index in [9.17, 15) is 4.79 Å². The first-order valence-electron chi connectivity index (χ1n) is 6.13. The third-order valence-corrected chi connectivity index (χ3v) is 2.64. The predicted octanol–water partition coefficient (Wildman–Crippen LogP) is 3.24. The molecule has 4 nitrogen and oxygen atoms in total. The van der Waals surface area contributed by atoms with Crippen LogP contribution < -0.4 is 4.74 Å². The Morgan fingerprint density at radius 1 is 1.21 bits per heavy atom. The van der Waals surface area contributed by atoms with E-state index >= 15 is 0 Å². The molecule has 0 aliphatic rings. The zero-order valence-corrected chi connectivity index (χ0v) is 10.7. The summed E-state index contributed by atoms with van der Waals surface area (Å²) < 4.78 is 5.46. The maximum absolute atomic E-state index is 10.8. The lowest BCUT2D eigenvalue weighted by Gasteiger charge is -2.05. The lowest BCUT2D eigenvalue weighted by molar-refractivity contribution is 0.0697. The maximum Gasteiger partial charge on any atom is 0.335 e. The average Bonchev–Trinajstić information content (AvgIpc) is 2.46. The van der Waals surface area contributed by atoms with Crippen molar-refractivity contribution in [2.24, 2.45) is 0 Å². The maximum atomic E-state index is 10.8. The first-order valence-corrected chi connectivity index (χ1v) is 6.13. The summed E-state index contributed by atoms with van der Waals surface area (Å²) in [6, 6.07) is 10.4. The van der Waals surface area contributed by atoms with Crippen LogP contribution in [0.3, 0.4) is 0 Å². The lowest BCUT2D eigenvalue weighted by Crippen LogP contribution is -1.96. The van der Waals surface area contributed by atoms with Crippen molar-refractivity contribution >= 4 is 5.97 Å². The van der Waals surface area contributed by atoms with E-state index in [1.165, 1.54) is 0 Å². The zero-order chi connectivity index (χ0) is 13.7. The summed E-state index contributed by atoms with van der Waals surface area (Å²) in [4.78, 5) is 15.1. The molecular formula is C15H15NO3. The molecule has 0 fully saturated rings. The number of aromatic carboxylic acids is 1. The van der Waals surface area contributed by atoms with Crippen molar-refractivity contribution in [3.8, 4) is 17.0 Å². The summed E-state index contributed by atoms with van der Waals surface area (Å²) in [6.07, 6.45) is 2.63. The molecule has 19 heavy (non-hydrogen) atoms. The van der Waals surface area contributed by atoms with Crippen molar-refractivity contribution in [2.75, 3.05) is 6.61 Å². The summed E-state index contributed by atoms with van der Waals surface area (Å²) in [5, 5.41) is 8.83. The van der Waals surface area contributed by atoms with E-state index < -0.39 is 5.97 Å². The third kappa shape index (κ3) is 3.31. The van der Waals surface area contributed by atoms with Crippen molar-refractivity contribution in [3.05, 3.63) is 48.2 Å². The number of carbonyl (C=O) groups is 1. The minimum absolute atomic E-state index is 0.270. The van der Waals surface area contributed by atoms with E-state index in [1.807, 2.05) is 19.1 Å². The SMILES string of the molecule is CCCOc1ccc(-c2ccc(C(=O)O)cc2)nc1. The Bertz CT molecular complexity index is 547. The van der Waals surface area contributed by atoms with Gasteiger partial charge in [0.1, 0.15) is 5.75 Å². The largest absolute Gasteiger partial charge is 0.492 e. The number of carboxylic acids is 1. The van der Waals surface area contributed by atoms with Gasteiger partial charge in [-0.25, -0.2) is 4.79 Å². The zero-order valence-electron chi connectivity index (χ0n) is 10.7. The van der Waals surface area contributed by atoms with Crippen molar-refractivity contribution < 1.29 is 14.6 Å². The second-order valence-electron chi connectivity index (χ2n) is 4.11. The van der Waals surface area contributed by atoms with E-state index in [0.29, 0.717) is 6.61 Å². The van der Waals surface area contributed by atoms with Crippen LogP contribution in [0.5, 0.6) is 5.75 Å². The van der Waals surface area contributed by atoms with Crippen LogP contribution in [0, 0.1) is 0 Å². The van der Waals surface area contributed by atoms with Crippen molar-refractivity contribution in [1.82, 2.24) is 4.98 Å². The standard InChI is InChI=1S/C15H15NO3/c1-2-9-19-13-7-8-14(16-10-13)11-3-5-12(6-4-11)15(17)18/h3-8,10H,2,9H2,1H3,(H,17,18). The van der Waals surface area contributed by atoms with E-state index in [0.717, 1.165) is 23.4 Å². The highest BCUT2D eigenvalue weighted by Crippen LogP contribution is 2.20. The highest BCUT2D eigenvalue weighted by molar-refractivity contribution is 5.88. The molecule has 0 amide bonds. The minimum atomic E-state index is -0.928. The molecule has 2 aromatic rings. The van der Waals surface area contributed by atoms with Gasteiger partial charge in [-0.05, 0) is 30.7 Å². The molecule has 98 valence electrons.